The summed E-state index contributed by atoms with van der Waals surface area (Å²) in [5, 5.41) is 9.88. The van der Waals surface area contributed by atoms with E-state index < -0.39 is 0 Å². The third kappa shape index (κ3) is 3.08. The molecule has 0 heterocycles. The molecule has 0 radical (unpaired) electrons. The molecule has 0 aromatic heterocycles. The predicted octanol–water partition coefficient (Wildman–Crippen LogP) is 4.37. The molecule has 1 nitrogen and oxygen atoms in total. The van der Waals surface area contributed by atoms with Crippen molar-refractivity contribution < 1.29 is 5.11 Å². The van der Waals surface area contributed by atoms with Crippen molar-refractivity contribution in [3.05, 3.63) is 23.3 Å². The van der Waals surface area contributed by atoms with Crippen LogP contribution in [0.5, 0.6) is 5.75 Å². The third-order valence-electron chi connectivity index (χ3n) is 2.30. The van der Waals surface area contributed by atoms with Gasteiger partial charge in [-0.15, -0.1) is 0 Å². The van der Waals surface area contributed by atoms with Gasteiger partial charge in [0.1, 0.15) is 5.75 Å². The van der Waals surface area contributed by atoms with Gasteiger partial charge in [0.25, 0.3) is 0 Å². The van der Waals surface area contributed by atoms with Crippen LogP contribution in [0.3, 0.4) is 0 Å². The van der Waals surface area contributed by atoms with Gasteiger partial charge >= 0.3 is 0 Å². The quantitative estimate of drug-likeness (QED) is 0.778. The number of benzene rings is 1. The summed E-state index contributed by atoms with van der Waals surface area (Å²) in [5.74, 6) is 0.419. The molecule has 0 spiro atoms. The van der Waals surface area contributed by atoms with E-state index in [2.05, 4.69) is 32.9 Å². The Bertz CT molecular complexity index is 353. The molecule has 84 valence electrons. The fourth-order valence-electron chi connectivity index (χ4n) is 1.33. The Balaban J connectivity index is 3.23. The highest BCUT2D eigenvalue weighted by Crippen LogP contribution is 2.40. The first-order valence-corrected chi connectivity index (χ1v) is 7.47. The van der Waals surface area contributed by atoms with Crippen molar-refractivity contribution >= 4 is 21.6 Å². The number of aromatic hydroxyl groups is 1. The molecular formula is C12H18OS2. The van der Waals surface area contributed by atoms with E-state index in [0.717, 1.165) is 10.5 Å². The Labute approximate surface area is 100 Å². The zero-order chi connectivity index (χ0) is 11.6. The molecule has 0 saturated heterocycles. The van der Waals surface area contributed by atoms with E-state index in [1.54, 1.807) is 21.6 Å². The number of hydrogen-bond donors (Lipinski definition) is 1. The lowest BCUT2D eigenvalue weighted by Gasteiger charge is -2.21. The molecule has 1 N–H and O–H groups in total. The van der Waals surface area contributed by atoms with Gasteiger partial charge < -0.3 is 5.11 Å². The Kier molecular flexibility index (Phi) is 4.01. The largest absolute Gasteiger partial charge is 0.506 e. The lowest BCUT2D eigenvalue weighted by molar-refractivity contribution is 0.456. The van der Waals surface area contributed by atoms with Crippen LogP contribution in [0.25, 0.3) is 0 Å². The molecule has 0 atom stereocenters. The average Bonchev–Trinajstić information content (AvgIpc) is 2.11. The molecule has 0 aliphatic rings. The zero-order valence-corrected chi connectivity index (χ0v) is 11.6. The number of hydrogen-bond acceptors (Lipinski definition) is 3. The van der Waals surface area contributed by atoms with Gasteiger partial charge in [-0.1, -0.05) is 48.4 Å². The third-order valence-corrected chi connectivity index (χ3v) is 4.00. The van der Waals surface area contributed by atoms with Crippen LogP contribution in [-0.2, 0) is 5.41 Å². The van der Waals surface area contributed by atoms with Crippen molar-refractivity contribution in [2.24, 2.45) is 0 Å². The second-order valence-electron chi connectivity index (χ2n) is 4.64. The minimum absolute atomic E-state index is 0.131. The summed E-state index contributed by atoms with van der Waals surface area (Å²) in [5.41, 5.74) is 2.36. The van der Waals surface area contributed by atoms with Crippen LogP contribution < -0.4 is 0 Å². The Morgan fingerprint density at radius 3 is 2.27 bits per heavy atom. The summed E-state index contributed by atoms with van der Waals surface area (Å²) < 4.78 is 0. The van der Waals surface area contributed by atoms with Crippen molar-refractivity contribution in [1.29, 1.82) is 0 Å². The van der Waals surface area contributed by atoms with Gasteiger partial charge in [0, 0.05) is 0 Å². The molecular weight excluding hydrogens is 224 g/mol. The molecule has 0 fully saturated rings. The van der Waals surface area contributed by atoms with Gasteiger partial charge in [0.15, 0.2) is 0 Å². The van der Waals surface area contributed by atoms with Gasteiger partial charge in [-0.05, 0) is 35.8 Å². The van der Waals surface area contributed by atoms with E-state index in [-0.39, 0.29) is 5.41 Å². The van der Waals surface area contributed by atoms with Crippen molar-refractivity contribution in [2.75, 3.05) is 6.26 Å². The molecule has 1 aromatic rings. The highest BCUT2D eigenvalue weighted by atomic mass is 33.1. The van der Waals surface area contributed by atoms with Crippen LogP contribution in [0.15, 0.2) is 17.0 Å². The molecule has 1 aromatic carbocycles. The zero-order valence-electron chi connectivity index (χ0n) is 9.92. The normalized spacial score (nSPS) is 11.8. The molecule has 15 heavy (non-hydrogen) atoms. The van der Waals surface area contributed by atoms with Gasteiger partial charge in [0.2, 0.25) is 0 Å². The maximum Gasteiger partial charge on any atom is 0.132 e. The second kappa shape index (κ2) is 4.71. The summed E-state index contributed by atoms with van der Waals surface area (Å²) in [6.07, 6.45) is 2.02. The number of phenolic OH excluding ortho intramolecular Hbond substituents is 1. The summed E-state index contributed by atoms with van der Waals surface area (Å²) in [6, 6.07) is 4.16. The summed E-state index contributed by atoms with van der Waals surface area (Å²) in [6.45, 7) is 8.51. The van der Waals surface area contributed by atoms with Crippen molar-refractivity contribution in [1.82, 2.24) is 0 Å². The summed E-state index contributed by atoms with van der Waals surface area (Å²) in [4.78, 5) is 0.965. The van der Waals surface area contributed by atoms with E-state index in [0.29, 0.717) is 5.75 Å². The van der Waals surface area contributed by atoms with Crippen molar-refractivity contribution in [3.8, 4) is 5.75 Å². The Morgan fingerprint density at radius 1 is 1.20 bits per heavy atom. The van der Waals surface area contributed by atoms with Crippen molar-refractivity contribution in [2.45, 2.75) is 38.0 Å². The lowest BCUT2D eigenvalue weighted by Crippen LogP contribution is -2.11. The Morgan fingerprint density at radius 2 is 1.80 bits per heavy atom. The van der Waals surface area contributed by atoms with E-state index in [4.69, 9.17) is 0 Å². The molecule has 0 saturated carbocycles. The van der Waals surface area contributed by atoms with E-state index in [1.165, 1.54) is 5.56 Å². The van der Waals surface area contributed by atoms with E-state index in [9.17, 15) is 5.11 Å². The SMILES string of the molecule is CSSc1cc(C(C)(C)C)cc(C)c1O. The minimum Gasteiger partial charge on any atom is -0.506 e. The molecule has 3 heteroatoms. The number of aryl methyl sites for hydroxylation is 1. The minimum atomic E-state index is 0.131. The first-order valence-electron chi connectivity index (χ1n) is 4.91. The molecule has 0 unspecified atom stereocenters. The molecule has 0 bridgehead atoms. The first-order chi connectivity index (χ1) is 6.86. The van der Waals surface area contributed by atoms with E-state index in [1.807, 2.05) is 13.2 Å². The van der Waals surface area contributed by atoms with Crippen LogP contribution in [-0.4, -0.2) is 11.4 Å². The highest BCUT2D eigenvalue weighted by molar-refractivity contribution is 8.76. The summed E-state index contributed by atoms with van der Waals surface area (Å²) >= 11 is 0. The lowest BCUT2D eigenvalue weighted by atomic mass is 9.86. The Hall–Kier alpha value is -0.280. The fourth-order valence-corrected chi connectivity index (χ4v) is 2.85. The number of phenols is 1. The maximum atomic E-state index is 9.88. The van der Waals surface area contributed by atoms with Gasteiger partial charge in [0.05, 0.1) is 4.90 Å². The maximum absolute atomic E-state index is 9.88. The van der Waals surface area contributed by atoms with Crippen LogP contribution in [0.1, 0.15) is 31.9 Å². The predicted molar refractivity (Wildman–Crippen MR) is 70.9 cm³/mol. The average molecular weight is 242 g/mol. The van der Waals surface area contributed by atoms with Crippen LogP contribution in [0.2, 0.25) is 0 Å². The van der Waals surface area contributed by atoms with Gasteiger partial charge in [-0.3, -0.25) is 0 Å². The summed E-state index contributed by atoms with van der Waals surface area (Å²) in [7, 11) is 3.27. The van der Waals surface area contributed by atoms with Crippen molar-refractivity contribution in [3.63, 3.8) is 0 Å². The topological polar surface area (TPSA) is 20.2 Å². The van der Waals surface area contributed by atoms with Crippen LogP contribution in [0, 0.1) is 6.92 Å². The monoisotopic (exact) mass is 242 g/mol. The molecule has 1 rings (SSSR count). The first kappa shape index (κ1) is 12.8. The smallest absolute Gasteiger partial charge is 0.132 e. The van der Waals surface area contributed by atoms with Crippen LogP contribution in [0.4, 0.5) is 0 Å². The van der Waals surface area contributed by atoms with Crippen LogP contribution >= 0.6 is 21.6 Å². The standard InChI is InChI=1S/C12H18OS2/c1-8-6-9(12(2,3)4)7-10(11(8)13)15-14-5/h6-7,13H,1-5H3. The fraction of sp³-hybridized carbons (Fsp3) is 0.500. The number of rotatable bonds is 2. The second-order valence-corrected chi connectivity index (χ2v) is 7.08. The van der Waals surface area contributed by atoms with Gasteiger partial charge in [-0.2, -0.15) is 0 Å². The van der Waals surface area contributed by atoms with Gasteiger partial charge in [-0.25, -0.2) is 0 Å². The molecule has 0 aliphatic carbocycles. The molecule has 0 amide bonds. The molecule has 0 aliphatic heterocycles. The highest BCUT2D eigenvalue weighted by Gasteiger charge is 2.17. The van der Waals surface area contributed by atoms with E-state index >= 15 is 0 Å².